The van der Waals surface area contributed by atoms with Gasteiger partial charge in [-0.2, -0.15) is 0 Å². The predicted octanol–water partition coefficient (Wildman–Crippen LogP) is 0.944. The summed E-state index contributed by atoms with van der Waals surface area (Å²) in [7, 11) is 0. The van der Waals surface area contributed by atoms with Gasteiger partial charge in [-0.05, 0) is 25.1 Å². The molecule has 0 aromatic carbocycles. The predicted molar refractivity (Wildman–Crippen MR) is 53.0 cm³/mol. The number of aromatic nitrogens is 1. The Morgan fingerprint density at radius 1 is 1.64 bits per heavy atom. The highest BCUT2D eigenvalue weighted by molar-refractivity contribution is 5.92. The average molecular weight is 192 g/mol. The Labute approximate surface area is 82.4 Å². The van der Waals surface area contributed by atoms with E-state index in [0.717, 1.165) is 0 Å². The summed E-state index contributed by atoms with van der Waals surface area (Å²) in [5.74, 6) is -0.516. The summed E-state index contributed by atoms with van der Waals surface area (Å²) in [6.45, 7) is 2.04. The molecule has 0 aliphatic heterocycles. The maximum absolute atomic E-state index is 11.1. The van der Waals surface area contributed by atoms with Gasteiger partial charge in [-0.15, -0.1) is 0 Å². The highest BCUT2D eigenvalue weighted by atomic mass is 16.5. The first-order valence-electron chi connectivity index (χ1n) is 4.29. The molecule has 1 aromatic rings. The fourth-order valence-corrected chi connectivity index (χ4v) is 0.894. The molecule has 0 amide bonds. The van der Waals surface area contributed by atoms with Crippen molar-refractivity contribution >= 4 is 12.0 Å². The van der Waals surface area contributed by atoms with E-state index in [1.165, 1.54) is 6.08 Å². The molecule has 0 bridgehead atoms. The van der Waals surface area contributed by atoms with Gasteiger partial charge in [-0.1, -0.05) is 6.07 Å². The fourth-order valence-electron chi connectivity index (χ4n) is 0.894. The first-order valence-corrected chi connectivity index (χ1v) is 4.29. The number of hydrogen-bond acceptors (Lipinski definition) is 4. The van der Waals surface area contributed by atoms with Crippen LogP contribution in [0.25, 0.3) is 6.08 Å². The van der Waals surface area contributed by atoms with Crippen LogP contribution in [0.4, 0.5) is 0 Å². The van der Waals surface area contributed by atoms with E-state index >= 15 is 0 Å². The summed E-state index contributed by atoms with van der Waals surface area (Å²) >= 11 is 0. The molecule has 0 unspecified atom stereocenters. The Morgan fingerprint density at radius 2 is 2.43 bits per heavy atom. The lowest BCUT2D eigenvalue weighted by atomic mass is 10.3. The number of carbonyl (C=O) groups excluding carboxylic acids is 1. The lowest BCUT2D eigenvalue weighted by Crippen LogP contribution is -2.14. The first kappa shape index (κ1) is 10.2. The van der Waals surface area contributed by atoms with Crippen LogP contribution in [0.2, 0.25) is 0 Å². The third kappa shape index (κ3) is 2.90. The third-order valence-electron chi connectivity index (χ3n) is 1.50. The zero-order valence-corrected chi connectivity index (χ0v) is 7.93. The van der Waals surface area contributed by atoms with Crippen LogP contribution in [-0.2, 0) is 9.53 Å². The van der Waals surface area contributed by atoms with Crippen LogP contribution in [0.3, 0.4) is 0 Å². The molecule has 1 aromatic heterocycles. The second-order valence-corrected chi connectivity index (χ2v) is 2.57. The highest BCUT2D eigenvalue weighted by Crippen LogP contribution is 2.00. The summed E-state index contributed by atoms with van der Waals surface area (Å²) < 4.78 is 4.72. The first-order chi connectivity index (χ1) is 6.74. The van der Waals surface area contributed by atoms with Crippen LogP contribution >= 0.6 is 0 Å². The standard InChI is InChI=1S/C10H12N2O2/c1-2-14-10(13)9(11)7-8-5-3-4-6-12-8/h3-7H,2,11H2,1H3/b9-7-. The van der Waals surface area contributed by atoms with Gasteiger partial charge in [-0.3, -0.25) is 4.98 Å². The molecule has 0 spiro atoms. The lowest BCUT2D eigenvalue weighted by molar-refractivity contribution is -0.138. The third-order valence-corrected chi connectivity index (χ3v) is 1.50. The fraction of sp³-hybridized carbons (Fsp3) is 0.200. The molecular formula is C10H12N2O2. The maximum atomic E-state index is 11.1. The van der Waals surface area contributed by atoms with Crippen LogP contribution in [0.5, 0.6) is 0 Å². The Bertz CT molecular complexity index is 333. The monoisotopic (exact) mass is 192 g/mol. The molecule has 0 saturated heterocycles. The number of nitrogens with two attached hydrogens (primary N) is 1. The molecule has 0 aliphatic rings. The van der Waals surface area contributed by atoms with E-state index in [1.807, 2.05) is 6.07 Å². The van der Waals surface area contributed by atoms with Gasteiger partial charge in [0.2, 0.25) is 0 Å². The Kier molecular flexibility index (Phi) is 3.67. The van der Waals surface area contributed by atoms with Crippen LogP contribution in [-0.4, -0.2) is 17.6 Å². The second-order valence-electron chi connectivity index (χ2n) is 2.57. The zero-order chi connectivity index (χ0) is 10.4. The van der Waals surface area contributed by atoms with E-state index < -0.39 is 5.97 Å². The molecule has 4 heteroatoms. The molecule has 1 rings (SSSR count). The van der Waals surface area contributed by atoms with Crippen molar-refractivity contribution in [3.8, 4) is 0 Å². The highest BCUT2D eigenvalue weighted by Gasteiger charge is 2.04. The van der Waals surface area contributed by atoms with Crippen molar-refractivity contribution in [2.45, 2.75) is 6.92 Å². The number of rotatable bonds is 3. The molecule has 4 nitrogen and oxygen atoms in total. The van der Waals surface area contributed by atoms with Gasteiger partial charge in [0.25, 0.3) is 0 Å². The van der Waals surface area contributed by atoms with Crippen LogP contribution < -0.4 is 5.73 Å². The van der Waals surface area contributed by atoms with Gasteiger partial charge in [0.05, 0.1) is 12.3 Å². The van der Waals surface area contributed by atoms with E-state index in [9.17, 15) is 4.79 Å². The SMILES string of the molecule is CCOC(=O)/C(N)=C/c1ccccn1. The summed E-state index contributed by atoms with van der Waals surface area (Å²) in [4.78, 5) is 15.1. The van der Waals surface area contributed by atoms with E-state index in [0.29, 0.717) is 12.3 Å². The average Bonchev–Trinajstić information content (AvgIpc) is 2.19. The van der Waals surface area contributed by atoms with Gasteiger partial charge in [-0.25, -0.2) is 4.79 Å². The number of carbonyl (C=O) groups is 1. The van der Waals surface area contributed by atoms with Gasteiger partial charge < -0.3 is 10.5 Å². The van der Waals surface area contributed by atoms with Crippen LogP contribution in [0.15, 0.2) is 30.1 Å². The molecule has 0 saturated carbocycles. The second kappa shape index (κ2) is 5.01. The largest absolute Gasteiger partial charge is 0.461 e. The summed E-state index contributed by atoms with van der Waals surface area (Å²) in [5, 5.41) is 0. The molecule has 0 atom stereocenters. The van der Waals surface area contributed by atoms with Gasteiger partial charge in [0.1, 0.15) is 5.70 Å². The topological polar surface area (TPSA) is 65.2 Å². The molecule has 1 heterocycles. The molecule has 0 fully saturated rings. The van der Waals surface area contributed by atoms with Crippen LogP contribution in [0, 0.1) is 0 Å². The van der Waals surface area contributed by atoms with Crippen molar-refractivity contribution < 1.29 is 9.53 Å². The van der Waals surface area contributed by atoms with Gasteiger partial charge in [0, 0.05) is 6.20 Å². The normalized spacial score (nSPS) is 11.1. The Morgan fingerprint density at radius 3 is 3.00 bits per heavy atom. The molecule has 14 heavy (non-hydrogen) atoms. The molecule has 2 N–H and O–H groups in total. The van der Waals surface area contributed by atoms with E-state index in [-0.39, 0.29) is 5.70 Å². The van der Waals surface area contributed by atoms with E-state index in [4.69, 9.17) is 10.5 Å². The number of ether oxygens (including phenoxy) is 1. The van der Waals surface area contributed by atoms with Crippen molar-refractivity contribution in [2.75, 3.05) is 6.61 Å². The maximum Gasteiger partial charge on any atom is 0.354 e. The number of pyridine rings is 1. The minimum atomic E-state index is -0.516. The summed E-state index contributed by atoms with van der Waals surface area (Å²) in [6.07, 6.45) is 3.11. The Hall–Kier alpha value is -1.84. The van der Waals surface area contributed by atoms with E-state index in [2.05, 4.69) is 4.98 Å². The van der Waals surface area contributed by atoms with Crippen molar-refractivity contribution in [1.29, 1.82) is 0 Å². The number of esters is 1. The minimum Gasteiger partial charge on any atom is -0.461 e. The van der Waals surface area contributed by atoms with Crippen molar-refractivity contribution in [3.05, 3.63) is 35.8 Å². The lowest BCUT2D eigenvalue weighted by Gasteiger charge is -2.00. The van der Waals surface area contributed by atoms with Crippen molar-refractivity contribution in [3.63, 3.8) is 0 Å². The quantitative estimate of drug-likeness (QED) is 0.572. The van der Waals surface area contributed by atoms with Gasteiger partial charge in [0.15, 0.2) is 0 Å². The van der Waals surface area contributed by atoms with Crippen molar-refractivity contribution in [1.82, 2.24) is 4.98 Å². The van der Waals surface area contributed by atoms with Crippen molar-refractivity contribution in [2.24, 2.45) is 5.73 Å². The minimum absolute atomic E-state index is 0.0607. The summed E-state index contributed by atoms with van der Waals surface area (Å²) in [6, 6.07) is 5.36. The number of nitrogens with zero attached hydrogens (tertiary/aromatic N) is 1. The molecule has 0 radical (unpaired) electrons. The molecular weight excluding hydrogens is 180 g/mol. The van der Waals surface area contributed by atoms with Crippen LogP contribution in [0.1, 0.15) is 12.6 Å². The number of hydrogen-bond donors (Lipinski definition) is 1. The molecule has 74 valence electrons. The van der Waals surface area contributed by atoms with E-state index in [1.54, 1.807) is 25.3 Å². The smallest absolute Gasteiger partial charge is 0.354 e. The van der Waals surface area contributed by atoms with Gasteiger partial charge >= 0.3 is 5.97 Å². The Balaban J connectivity index is 2.74. The zero-order valence-electron chi connectivity index (χ0n) is 7.93. The molecule has 0 aliphatic carbocycles. The summed E-state index contributed by atoms with van der Waals surface area (Å²) in [5.41, 5.74) is 6.18.